The van der Waals surface area contributed by atoms with Gasteiger partial charge in [0.25, 0.3) is 0 Å². The molecular weight excluding hydrogens is 230 g/mol. The van der Waals surface area contributed by atoms with Crippen LogP contribution in [0.5, 0.6) is 0 Å². The van der Waals surface area contributed by atoms with Crippen molar-refractivity contribution >= 4 is 11.8 Å². The molecule has 2 aromatic rings. The van der Waals surface area contributed by atoms with Crippen LogP contribution in [0.4, 0.5) is 5.82 Å². The highest BCUT2D eigenvalue weighted by atomic mass is 16.5. The van der Waals surface area contributed by atoms with Gasteiger partial charge in [-0.2, -0.15) is 5.10 Å². The molecule has 2 N–H and O–H groups in total. The Morgan fingerprint density at radius 3 is 2.67 bits per heavy atom. The van der Waals surface area contributed by atoms with Gasteiger partial charge in [-0.15, -0.1) is 0 Å². The topological polar surface area (TPSA) is 70.1 Å². The fourth-order valence-corrected chi connectivity index (χ4v) is 1.77. The van der Waals surface area contributed by atoms with E-state index in [-0.39, 0.29) is 5.69 Å². The number of nitrogens with two attached hydrogens (primary N) is 1. The lowest BCUT2D eigenvalue weighted by Gasteiger charge is -2.03. The maximum atomic E-state index is 11.9. The summed E-state index contributed by atoms with van der Waals surface area (Å²) in [5.41, 5.74) is 7.69. The first-order valence-electron chi connectivity index (χ1n) is 5.70. The average molecular weight is 245 g/mol. The highest BCUT2D eigenvalue weighted by molar-refractivity contribution is 5.98. The molecule has 5 nitrogen and oxygen atoms in total. The molecule has 0 radical (unpaired) electrons. The molecule has 1 aromatic carbocycles. The van der Waals surface area contributed by atoms with Crippen molar-refractivity contribution in [2.24, 2.45) is 7.05 Å². The molecule has 0 aliphatic rings. The summed E-state index contributed by atoms with van der Waals surface area (Å²) in [7, 11) is 1.70. The Kier molecular flexibility index (Phi) is 3.32. The number of nitrogen functional groups attached to an aromatic ring is 1. The van der Waals surface area contributed by atoms with Crippen molar-refractivity contribution in [1.29, 1.82) is 0 Å². The van der Waals surface area contributed by atoms with Gasteiger partial charge >= 0.3 is 5.97 Å². The predicted octanol–water partition coefficient (Wildman–Crippen LogP) is 1.85. The van der Waals surface area contributed by atoms with E-state index in [4.69, 9.17) is 10.5 Å². The Labute approximate surface area is 105 Å². The maximum absolute atomic E-state index is 11.9. The Bertz CT molecular complexity index is 561. The fraction of sp³-hybridized carbons (Fsp3) is 0.231. The Balaban J connectivity index is 2.55. The van der Waals surface area contributed by atoms with Crippen LogP contribution in [-0.2, 0) is 11.8 Å². The lowest BCUT2D eigenvalue weighted by molar-refractivity contribution is 0.0519. The Morgan fingerprint density at radius 1 is 1.39 bits per heavy atom. The lowest BCUT2D eigenvalue weighted by Crippen LogP contribution is -2.07. The molecule has 18 heavy (non-hydrogen) atoms. The van der Waals surface area contributed by atoms with Gasteiger partial charge < -0.3 is 10.5 Å². The summed E-state index contributed by atoms with van der Waals surface area (Å²) in [6, 6.07) is 9.44. The maximum Gasteiger partial charge on any atom is 0.359 e. The molecule has 94 valence electrons. The van der Waals surface area contributed by atoms with Gasteiger partial charge in [0.05, 0.1) is 12.2 Å². The van der Waals surface area contributed by atoms with Crippen molar-refractivity contribution in [1.82, 2.24) is 9.78 Å². The molecule has 0 fully saturated rings. The second-order valence-corrected chi connectivity index (χ2v) is 3.82. The van der Waals surface area contributed by atoms with Crippen LogP contribution in [0, 0.1) is 0 Å². The Hall–Kier alpha value is -2.30. The van der Waals surface area contributed by atoms with Crippen molar-refractivity contribution in [3.05, 3.63) is 36.0 Å². The second-order valence-electron chi connectivity index (χ2n) is 3.82. The third kappa shape index (κ3) is 2.07. The van der Waals surface area contributed by atoms with E-state index in [9.17, 15) is 4.79 Å². The number of benzene rings is 1. The molecule has 0 aliphatic heterocycles. The number of carbonyl (C=O) groups excluding carboxylic acids is 1. The van der Waals surface area contributed by atoms with Gasteiger partial charge in [-0.25, -0.2) is 4.79 Å². The summed E-state index contributed by atoms with van der Waals surface area (Å²) < 4.78 is 6.47. The summed E-state index contributed by atoms with van der Waals surface area (Å²) in [4.78, 5) is 11.9. The molecule has 0 unspecified atom stereocenters. The molecule has 0 spiro atoms. The van der Waals surface area contributed by atoms with Gasteiger partial charge in [-0.1, -0.05) is 30.3 Å². The van der Waals surface area contributed by atoms with Crippen molar-refractivity contribution in [3.63, 3.8) is 0 Å². The molecule has 0 aliphatic carbocycles. The first-order valence-corrected chi connectivity index (χ1v) is 5.70. The highest BCUT2D eigenvalue weighted by Gasteiger charge is 2.22. The zero-order chi connectivity index (χ0) is 13.1. The largest absolute Gasteiger partial charge is 0.461 e. The van der Waals surface area contributed by atoms with Crippen LogP contribution in [0.25, 0.3) is 11.1 Å². The standard InChI is InChI=1S/C13H15N3O2/c1-3-18-13(17)11-10(12(14)16(2)15-11)9-7-5-4-6-8-9/h4-8H,3,14H2,1-2H3. The third-order valence-electron chi connectivity index (χ3n) is 2.62. The monoisotopic (exact) mass is 245 g/mol. The minimum atomic E-state index is -0.455. The molecule has 0 saturated heterocycles. The number of anilines is 1. The molecule has 0 amide bonds. The van der Waals surface area contributed by atoms with E-state index in [0.717, 1.165) is 5.56 Å². The zero-order valence-electron chi connectivity index (χ0n) is 10.4. The number of aryl methyl sites for hydroxylation is 1. The molecule has 2 rings (SSSR count). The van der Waals surface area contributed by atoms with Gasteiger partial charge in [0.2, 0.25) is 0 Å². The molecule has 0 atom stereocenters. The second kappa shape index (κ2) is 4.91. The van der Waals surface area contributed by atoms with Gasteiger partial charge in [-0.05, 0) is 12.5 Å². The molecule has 0 bridgehead atoms. The minimum Gasteiger partial charge on any atom is -0.461 e. The van der Waals surface area contributed by atoms with E-state index in [1.165, 1.54) is 4.68 Å². The molecular formula is C13H15N3O2. The van der Waals surface area contributed by atoms with Gasteiger partial charge in [0.1, 0.15) is 5.82 Å². The SMILES string of the molecule is CCOC(=O)c1nn(C)c(N)c1-c1ccccc1. The Morgan fingerprint density at radius 2 is 2.06 bits per heavy atom. The van der Waals surface area contributed by atoms with E-state index in [1.807, 2.05) is 30.3 Å². The van der Waals surface area contributed by atoms with Crippen LogP contribution >= 0.6 is 0 Å². The van der Waals surface area contributed by atoms with E-state index in [0.29, 0.717) is 18.0 Å². The van der Waals surface area contributed by atoms with Crippen molar-refractivity contribution in [2.45, 2.75) is 6.92 Å². The van der Waals surface area contributed by atoms with E-state index in [2.05, 4.69) is 5.10 Å². The van der Waals surface area contributed by atoms with Crippen LogP contribution in [0.15, 0.2) is 30.3 Å². The number of esters is 1. The molecule has 5 heteroatoms. The number of rotatable bonds is 3. The lowest BCUT2D eigenvalue weighted by atomic mass is 10.1. The van der Waals surface area contributed by atoms with Crippen LogP contribution in [-0.4, -0.2) is 22.4 Å². The van der Waals surface area contributed by atoms with E-state index in [1.54, 1.807) is 14.0 Å². The summed E-state index contributed by atoms with van der Waals surface area (Å²) in [5.74, 6) is -0.00657. The van der Waals surface area contributed by atoms with E-state index >= 15 is 0 Å². The fourth-order valence-electron chi connectivity index (χ4n) is 1.77. The number of hydrogen-bond donors (Lipinski definition) is 1. The van der Waals surface area contributed by atoms with Crippen molar-refractivity contribution < 1.29 is 9.53 Å². The summed E-state index contributed by atoms with van der Waals surface area (Å²) in [5, 5.41) is 4.12. The third-order valence-corrected chi connectivity index (χ3v) is 2.62. The van der Waals surface area contributed by atoms with Crippen LogP contribution < -0.4 is 5.73 Å². The van der Waals surface area contributed by atoms with Crippen molar-refractivity contribution in [2.75, 3.05) is 12.3 Å². The van der Waals surface area contributed by atoms with Gasteiger partial charge in [-0.3, -0.25) is 4.68 Å². The summed E-state index contributed by atoms with van der Waals surface area (Å²) >= 11 is 0. The number of hydrogen-bond acceptors (Lipinski definition) is 4. The molecule has 1 heterocycles. The van der Waals surface area contributed by atoms with E-state index < -0.39 is 5.97 Å². The number of nitrogens with zero attached hydrogens (tertiary/aromatic N) is 2. The first-order chi connectivity index (χ1) is 8.65. The predicted molar refractivity (Wildman–Crippen MR) is 69.0 cm³/mol. The van der Waals surface area contributed by atoms with Crippen LogP contribution in [0.3, 0.4) is 0 Å². The molecule has 0 saturated carbocycles. The zero-order valence-corrected chi connectivity index (χ0v) is 10.4. The highest BCUT2D eigenvalue weighted by Crippen LogP contribution is 2.29. The average Bonchev–Trinajstić information content (AvgIpc) is 2.67. The summed E-state index contributed by atoms with van der Waals surface area (Å²) in [6.45, 7) is 2.07. The normalized spacial score (nSPS) is 10.3. The van der Waals surface area contributed by atoms with Gasteiger partial charge in [0.15, 0.2) is 5.69 Å². The van der Waals surface area contributed by atoms with Crippen LogP contribution in [0.2, 0.25) is 0 Å². The smallest absolute Gasteiger partial charge is 0.359 e. The minimum absolute atomic E-state index is 0.253. The van der Waals surface area contributed by atoms with Crippen LogP contribution in [0.1, 0.15) is 17.4 Å². The van der Waals surface area contributed by atoms with Crippen molar-refractivity contribution in [3.8, 4) is 11.1 Å². The number of carbonyl (C=O) groups is 1. The molecule has 1 aromatic heterocycles. The van der Waals surface area contributed by atoms with Gasteiger partial charge in [0, 0.05) is 7.05 Å². The summed E-state index contributed by atoms with van der Waals surface area (Å²) in [6.07, 6.45) is 0. The quantitative estimate of drug-likeness (QED) is 0.838. The number of aromatic nitrogens is 2. The first kappa shape index (κ1) is 12.2. The number of ether oxygens (including phenoxy) is 1.